The Hall–Kier alpha value is -1.08. The first kappa shape index (κ1) is 15.3. The summed E-state index contributed by atoms with van der Waals surface area (Å²) in [7, 11) is 0. The molecule has 4 nitrogen and oxygen atoms in total. The van der Waals surface area contributed by atoms with E-state index in [2.05, 4.69) is 29.5 Å². The summed E-state index contributed by atoms with van der Waals surface area (Å²) in [6.07, 6.45) is 2.52. The first-order valence-corrected chi connectivity index (χ1v) is 7.81. The Morgan fingerprint density at radius 1 is 1.40 bits per heavy atom. The van der Waals surface area contributed by atoms with Gasteiger partial charge in [0, 0.05) is 3.58 Å². The number of rotatable bonds is 5. The monoisotopic (exact) mass is 387 g/mol. The van der Waals surface area contributed by atoms with Gasteiger partial charge >= 0.3 is 6.09 Å². The molecule has 0 fully saturated rings. The molecule has 2 rings (SSSR count). The number of amides is 1. The summed E-state index contributed by atoms with van der Waals surface area (Å²) in [4.78, 5) is 17.5. The van der Waals surface area contributed by atoms with E-state index >= 15 is 0 Å². The number of nitrogens with zero attached hydrogens (tertiary/aromatic N) is 1. The third kappa shape index (κ3) is 3.96. The Kier molecular flexibility index (Phi) is 5.85. The van der Waals surface area contributed by atoms with Crippen LogP contribution in [0.25, 0.3) is 0 Å². The van der Waals surface area contributed by atoms with Crippen molar-refractivity contribution in [3.05, 3.63) is 45.2 Å². The van der Waals surface area contributed by atoms with E-state index < -0.39 is 6.09 Å². The minimum Gasteiger partial charge on any atom is -0.443 e. The van der Waals surface area contributed by atoms with E-state index in [9.17, 15) is 4.79 Å². The highest BCUT2D eigenvalue weighted by Crippen LogP contribution is 2.29. The van der Waals surface area contributed by atoms with Gasteiger partial charge in [0.2, 0.25) is 0 Å². The van der Waals surface area contributed by atoms with Crippen LogP contribution >= 0.6 is 22.6 Å². The van der Waals surface area contributed by atoms with Gasteiger partial charge in [-0.25, -0.2) is 4.79 Å². The van der Waals surface area contributed by atoms with E-state index in [1.165, 1.54) is 5.06 Å². The molecule has 20 heavy (non-hydrogen) atoms. The average Bonchev–Trinajstić information content (AvgIpc) is 2.85. The number of hydrogen-bond donors (Lipinski definition) is 0. The van der Waals surface area contributed by atoms with Crippen LogP contribution in [0.15, 0.2) is 39.6 Å². The van der Waals surface area contributed by atoms with Crippen molar-refractivity contribution < 1.29 is 14.4 Å². The molecule has 0 saturated heterocycles. The molecule has 0 radical (unpaired) electrons. The van der Waals surface area contributed by atoms with Gasteiger partial charge in [-0.05, 0) is 41.0 Å². The maximum absolute atomic E-state index is 12.1. The highest BCUT2D eigenvalue weighted by Gasteiger charge is 2.28. The number of hydrogen-bond acceptors (Lipinski definition) is 3. The van der Waals surface area contributed by atoms with Crippen molar-refractivity contribution in [3.8, 4) is 0 Å². The summed E-state index contributed by atoms with van der Waals surface area (Å²) in [6, 6.07) is 9.63. The highest BCUT2D eigenvalue weighted by molar-refractivity contribution is 14.1. The van der Waals surface area contributed by atoms with Crippen LogP contribution in [0.3, 0.4) is 0 Å². The maximum atomic E-state index is 12.1. The Morgan fingerprint density at radius 2 is 2.15 bits per heavy atom. The third-order valence-corrected chi connectivity index (χ3v) is 3.95. The van der Waals surface area contributed by atoms with Crippen molar-refractivity contribution in [1.29, 1.82) is 0 Å². The smallest absolute Gasteiger partial charge is 0.438 e. The predicted molar refractivity (Wildman–Crippen MR) is 85.0 cm³/mol. The topological polar surface area (TPSA) is 38.8 Å². The number of hydroxylamine groups is 2. The van der Waals surface area contributed by atoms with Crippen molar-refractivity contribution in [2.75, 3.05) is 6.61 Å². The van der Waals surface area contributed by atoms with Crippen LogP contribution < -0.4 is 0 Å². The van der Waals surface area contributed by atoms with Crippen molar-refractivity contribution in [1.82, 2.24) is 5.06 Å². The van der Waals surface area contributed by atoms with Crippen LogP contribution in [0.5, 0.6) is 0 Å². The standard InChI is InChI=1S/C15H18INO3/c1-2-3-9-14-13(16)11-20-17(14)15(18)19-10-12-7-5-4-6-8-12/h4-8H,2-3,9-11H2,1H3. The Bertz CT molecular complexity index is 487. The second kappa shape index (κ2) is 7.64. The van der Waals surface area contributed by atoms with E-state index in [0.717, 1.165) is 34.1 Å². The molecule has 0 spiro atoms. The fraction of sp³-hybridized carbons (Fsp3) is 0.400. The fourth-order valence-corrected chi connectivity index (χ4v) is 2.54. The van der Waals surface area contributed by atoms with Crippen LogP contribution in [0.2, 0.25) is 0 Å². The molecule has 1 heterocycles. The van der Waals surface area contributed by atoms with E-state index in [4.69, 9.17) is 9.57 Å². The van der Waals surface area contributed by atoms with Crippen molar-refractivity contribution in [3.63, 3.8) is 0 Å². The average molecular weight is 387 g/mol. The Balaban J connectivity index is 1.92. The van der Waals surface area contributed by atoms with Gasteiger partial charge in [0.15, 0.2) is 0 Å². The fourth-order valence-electron chi connectivity index (χ4n) is 1.91. The maximum Gasteiger partial charge on any atom is 0.438 e. The number of halogens is 1. The van der Waals surface area contributed by atoms with Gasteiger partial charge in [-0.3, -0.25) is 4.84 Å². The minimum absolute atomic E-state index is 0.261. The largest absolute Gasteiger partial charge is 0.443 e. The van der Waals surface area contributed by atoms with E-state index in [-0.39, 0.29) is 6.61 Å². The summed E-state index contributed by atoms with van der Waals surface area (Å²) in [6.45, 7) is 2.85. The lowest BCUT2D eigenvalue weighted by Gasteiger charge is -2.18. The first-order chi connectivity index (χ1) is 9.72. The molecule has 1 aromatic rings. The zero-order valence-corrected chi connectivity index (χ0v) is 13.6. The van der Waals surface area contributed by atoms with Crippen LogP contribution in [0.1, 0.15) is 31.7 Å². The molecular formula is C15H18INO3. The summed E-state index contributed by atoms with van der Waals surface area (Å²) < 4.78 is 6.37. The summed E-state index contributed by atoms with van der Waals surface area (Å²) in [5.41, 5.74) is 1.90. The Labute approximate surface area is 132 Å². The molecule has 0 aromatic heterocycles. The van der Waals surface area contributed by atoms with E-state index in [1.807, 2.05) is 30.3 Å². The normalized spacial score (nSPS) is 14.8. The van der Waals surface area contributed by atoms with Crippen LogP contribution in [0, 0.1) is 0 Å². The van der Waals surface area contributed by atoms with Gasteiger partial charge in [0.1, 0.15) is 13.2 Å². The van der Waals surface area contributed by atoms with Gasteiger partial charge in [-0.1, -0.05) is 43.7 Å². The number of unbranched alkanes of at least 4 members (excludes halogenated alkanes) is 1. The molecule has 0 aliphatic carbocycles. The number of allylic oxidation sites excluding steroid dienone is 1. The number of ether oxygens (including phenoxy) is 1. The van der Waals surface area contributed by atoms with Gasteiger partial charge in [-0.15, -0.1) is 0 Å². The predicted octanol–water partition coefficient (Wildman–Crippen LogP) is 4.41. The minimum atomic E-state index is -0.438. The number of benzene rings is 1. The van der Waals surface area contributed by atoms with Crippen molar-refractivity contribution >= 4 is 28.7 Å². The summed E-state index contributed by atoms with van der Waals surface area (Å²) in [5, 5.41) is 1.31. The molecule has 0 N–H and O–H groups in total. The summed E-state index contributed by atoms with van der Waals surface area (Å²) >= 11 is 2.23. The molecule has 1 aliphatic rings. The van der Waals surface area contributed by atoms with Crippen LogP contribution in [-0.2, 0) is 16.2 Å². The lowest BCUT2D eigenvalue weighted by molar-refractivity contribution is -0.0868. The second-order valence-electron chi connectivity index (χ2n) is 4.56. The third-order valence-electron chi connectivity index (χ3n) is 3.02. The molecule has 0 saturated carbocycles. The van der Waals surface area contributed by atoms with E-state index in [1.54, 1.807) is 0 Å². The summed E-state index contributed by atoms with van der Waals surface area (Å²) in [5.74, 6) is 0. The van der Waals surface area contributed by atoms with Crippen molar-refractivity contribution in [2.45, 2.75) is 32.8 Å². The lowest BCUT2D eigenvalue weighted by atomic mass is 10.2. The molecule has 0 atom stereocenters. The molecule has 1 aliphatic heterocycles. The van der Waals surface area contributed by atoms with Crippen molar-refractivity contribution in [2.24, 2.45) is 0 Å². The second-order valence-corrected chi connectivity index (χ2v) is 5.87. The highest BCUT2D eigenvalue weighted by atomic mass is 127. The van der Waals surface area contributed by atoms with Crippen LogP contribution in [-0.4, -0.2) is 17.8 Å². The molecular weight excluding hydrogens is 369 g/mol. The lowest BCUT2D eigenvalue weighted by Crippen LogP contribution is -2.27. The number of carbonyl (C=O) groups excluding carboxylic acids is 1. The molecule has 108 valence electrons. The van der Waals surface area contributed by atoms with Gasteiger partial charge in [0.05, 0.1) is 5.70 Å². The molecule has 1 aromatic carbocycles. The quantitative estimate of drug-likeness (QED) is 0.703. The molecule has 5 heteroatoms. The molecule has 0 unspecified atom stereocenters. The zero-order chi connectivity index (χ0) is 14.4. The first-order valence-electron chi connectivity index (χ1n) is 6.73. The number of carbonyl (C=O) groups is 1. The molecule has 1 amide bonds. The van der Waals surface area contributed by atoms with Crippen LogP contribution in [0.4, 0.5) is 4.79 Å². The Morgan fingerprint density at radius 3 is 2.85 bits per heavy atom. The molecule has 0 bridgehead atoms. The van der Waals surface area contributed by atoms with E-state index in [0.29, 0.717) is 6.61 Å². The van der Waals surface area contributed by atoms with Gasteiger partial charge < -0.3 is 4.74 Å². The van der Waals surface area contributed by atoms with Gasteiger partial charge in [-0.2, -0.15) is 5.06 Å². The SMILES string of the molecule is CCCCC1=C(I)CON1C(=O)OCc1ccccc1. The van der Waals surface area contributed by atoms with Gasteiger partial charge in [0.25, 0.3) is 0 Å². The zero-order valence-electron chi connectivity index (χ0n) is 11.5.